The van der Waals surface area contributed by atoms with Crippen molar-refractivity contribution in [3.8, 4) is 0 Å². The third-order valence-corrected chi connectivity index (χ3v) is 4.70. The van der Waals surface area contributed by atoms with Crippen LogP contribution >= 0.6 is 0 Å². The minimum Gasteiger partial charge on any atom is -0.478 e. The molecule has 0 aromatic heterocycles. The molecule has 28 heavy (non-hydrogen) atoms. The summed E-state index contributed by atoms with van der Waals surface area (Å²) in [5.74, 6) is -4.75. The Morgan fingerprint density at radius 3 is 2.36 bits per heavy atom. The van der Waals surface area contributed by atoms with Crippen LogP contribution in [-0.2, 0) is 9.59 Å². The normalized spacial score (nSPS) is 16.7. The molecule has 1 aliphatic rings. The van der Waals surface area contributed by atoms with E-state index in [1.54, 1.807) is 0 Å². The molecular formula is C20H16F2N2O4. The Morgan fingerprint density at radius 1 is 1.14 bits per heavy atom. The second-order valence-electron chi connectivity index (χ2n) is 6.40. The predicted octanol–water partition coefficient (Wildman–Crippen LogP) is 2.86. The molecule has 1 atom stereocenters. The summed E-state index contributed by atoms with van der Waals surface area (Å²) in [6.07, 6.45) is 0.823. The first kappa shape index (κ1) is 19.2. The topological polar surface area (TPSA) is 101 Å². The maximum absolute atomic E-state index is 14.8. The Kier molecular flexibility index (Phi) is 4.96. The maximum atomic E-state index is 14.8. The third-order valence-electron chi connectivity index (χ3n) is 4.70. The number of nitrogens with zero attached hydrogens (tertiary/aromatic N) is 1. The van der Waals surface area contributed by atoms with Crippen LogP contribution in [0.5, 0.6) is 0 Å². The molecule has 0 bridgehead atoms. The van der Waals surface area contributed by atoms with Gasteiger partial charge in [-0.3, -0.25) is 14.5 Å². The Balaban J connectivity index is 2.08. The van der Waals surface area contributed by atoms with E-state index in [2.05, 4.69) is 0 Å². The van der Waals surface area contributed by atoms with E-state index in [1.165, 1.54) is 43.3 Å². The van der Waals surface area contributed by atoms with E-state index >= 15 is 0 Å². The van der Waals surface area contributed by atoms with Crippen molar-refractivity contribution in [1.29, 1.82) is 0 Å². The van der Waals surface area contributed by atoms with E-state index in [1.807, 2.05) is 0 Å². The molecule has 1 unspecified atom stereocenters. The Hall–Kier alpha value is -3.55. The van der Waals surface area contributed by atoms with Crippen molar-refractivity contribution < 1.29 is 28.3 Å². The molecule has 0 aliphatic carbocycles. The predicted molar refractivity (Wildman–Crippen MR) is 96.6 cm³/mol. The van der Waals surface area contributed by atoms with Gasteiger partial charge in [-0.15, -0.1) is 0 Å². The molecule has 8 heteroatoms. The average Bonchev–Trinajstić information content (AvgIpc) is 2.64. The van der Waals surface area contributed by atoms with Gasteiger partial charge in [-0.1, -0.05) is 12.1 Å². The highest BCUT2D eigenvalue weighted by molar-refractivity contribution is 6.03. The summed E-state index contributed by atoms with van der Waals surface area (Å²) >= 11 is 0. The van der Waals surface area contributed by atoms with E-state index < -0.39 is 35.3 Å². The van der Waals surface area contributed by atoms with Gasteiger partial charge >= 0.3 is 5.97 Å². The van der Waals surface area contributed by atoms with Crippen LogP contribution in [0.25, 0.3) is 0 Å². The van der Waals surface area contributed by atoms with Gasteiger partial charge in [-0.2, -0.15) is 0 Å². The number of carbonyl (C=O) groups excluding carboxylic acids is 2. The van der Waals surface area contributed by atoms with Crippen LogP contribution < -0.4 is 10.6 Å². The second-order valence-corrected chi connectivity index (χ2v) is 6.40. The van der Waals surface area contributed by atoms with Gasteiger partial charge in [0.1, 0.15) is 5.82 Å². The standard InChI is InChI=1S/C20H16F2N2O4/c1-10-13(19(23)26)6-7-16(18(10)22)24-9-15(20(27)28)14(8-17(24)25)11-2-4-12(21)5-3-11/h2-7,9,14H,8H2,1H3,(H2,23,26)(H,27,28). The SMILES string of the molecule is Cc1c(C(N)=O)ccc(N2C=C(C(=O)O)C(c3ccc(F)cc3)CC2=O)c1F. The number of hydrogen-bond acceptors (Lipinski definition) is 3. The van der Waals surface area contributed by atoms with Gasteiger partial charge in [0.15, 0.2) is 5.82 Å². The van der Waals surface area contributed by atoms with Crippen molar-refractivity contribution in [1.82, 2.24) is 0 Å². The molecule has 1 heterocycles. The molecule has 0 spiro atoms. The fourth-order valence-corrected chi connectivity index (χ4v) is 3.21. The van der Waals surface area contributed by atoms with Crippen LogP contribution in [0, 0.1) is 18.6 Å². The number of nitrogens with two attached hydrogens (primary N) is 1. The quantitative estimate of drug-likeness (QED) is 0.844. The summed E-state index contributed by atoms with van der Waals surface area (Å²) < 4.78 is 27.9. The average molecular weight is 386 g/mol. The number of carboxylic acids is 1. The number of halogens is 2. The van der Waals surface area contributed by atoms with Gasteiger partial charge in [0.2, 0.25) is 11.8 Å². The number of anilines is 1. The lowest BCUT2D eigenvalue weighted by atomic mass is 9.85. The molecule has 3 rings (SSSR count). The lowest BCUT2D eigenvalue weighted by Gasteiger charge is -2.30. The summed E-state index contributed by atoms with van der Waals surface area (Å²) in [4.78, 5) is 36.7. The smallest absolute Gasteiger partial charge is 0.333 e. The Morgan fingerprint density at radius 2 is 1.79 bits per heavy atom. The first-order valence-electron chi connectivity index (χ1n) is 8.32. The lowest BCUT2D eigenvalue weighted by molar-refractivity contribution is -0.133. The summed E-state index contributed by atoms with van der Waals surface area (Å²) in [7, 11) is 0. The minimum atomic E-state index is -1.28. The molecule has 2 aromatic carbocycles. The first-order valence-corrected chi connectivity index (χ1v) is 8.32. The molecular weight excluding hydrogens is 370 g/mol. The lowest BCUT2D eigenvalue weighted by Crippen LogP contribution is -2.35. The van der Waals surface area contributed by atoms with Crippen molar-refractivity contribution in [2.45, 2.75) is 19.3 Å². The van der Waals surface area contributed by atoms with Gasteiger partial charge in [-0.05, 0) is 42.3 Å². The highest BCUT2D eigenvalue weighted by Crippen LogP contribution is 2.36. The van der Waals surface area contributed by atoms with Gasteiger partial charge < -0.3 is 10.8 Å². The summed E-state index contributed by atoms with van der Waals surface area (Å²) in [6, 6.07) is 7.66. The summed E-state index contributed by atoms with van der Waals surface area (Å²) in [5.41, 5.74) is 5.27. The number of hydrogen-bond donors (Lipinski definition) is 2. The molecule has 2 aromatic rings. The van der Waals surface area contributed by atoms with Crippen LogP contribution in [0.15, 0.2) is 48.2 Å². The molecule has 1 aliphatic heterocycles. The molecule has 144 valence electrons. The molecule has 0 fully saturated rings. The van der Waals surface area contributed by atoms with E-state index in [-0.39, 0.29) is 28.8 Å². The molecule has 0 saturated heterocycles. The summed E-state index contributed by atoms with van der Waals surface area (Å²) in [5, 5.41) is 9.58. The van der Waals surface area contributed by atoms with E-state index in [0.717, 1.165) is 11.1 Å². The van der Waals surface area contributed by atoms with E-state index in [0.29, 0.717) is 5.56 Å². The largest absolute Gasteiger partial charge is 0.478 e. The van der Waals surface area contributed by atoms with Gasteiger partial charge in [0.25, 0.3) is 0 Å². The van der Waals surface area contributed by atoms with Crippen LogP contribution in [0.1, 0.15) is 33.8 Å². The van der Waals surface area contributed by atoms with E-state index in [9.17, 15) is 28.3 Å². The minimum absolute atomic E-state index is 0.0302. The zero-order chi connectivity index (χ0) is 20.6. The number of aliphatic carboxylic acids is 1. The maximum Gasteiger partial charge on any atom is 0.333 e. The van der Waals surface area contributed by atoms with Crippen molar-refractivity contribution in [3.63, 3.8) is 0 Å². The fraction of sp³-hybridized carbons (Fsp3) is 0.150. The highest BCUT2D eigenvalue weighted by atomic mass is 19.1. The molecule has 0 saturated carbocycles. The highest BCUT2D eigenvalue weighted by Gasteiger charge is 2.34. The van der Waals surface area contributed by atoms with E-state index in [4.69, 9.17) is 5.73 Å². The number of carboxylic acid groups (broad SMARTS) is 1. The monoisotopic (exact) mass is 386 g/mol. The molecule has 6 nitrogen and oxygen atoms in total. The molecule has 3 N–H and O–H groups in total. The first-order chi connectivity index (χ1) is 13.2. The zero-order valence-electron chi connectivity index (χ0n) is 14.8. The number of benzene rings is 2. The van der Waals surface area contributed by atoms with Gasteiger partial charge in [0.05, 0.1) is 11.3 Å². The second kappa shape index (κ2) is 7.22. The van der Waals surface area contributed by atoms with Crippen molar-refractivity contribution in [2.24, 2.45) is 5.73 Å². The van der Waals surface area contributed by atoms with Crippen molar-refractivity contribution in [2.75, 3.05) is 4.90 Å². The number of carbonyl (C=O) groups is 3. The van der Waals surface area contributed by atoms with Crippen LogP contribution in [0.3, 0.4) is 0 Å². The van der Waals surface area contributed by atoms with Crippen LogP contribution in [-0.4, -0.2) is 22.9 Å². The molecule has 0 radical (unpaired) electrons. The number of amides is 2. The zero-order valence-corrected chi connectivity index (χ0v) is 14.8. The molecule has 2 amide bonds. The Bertz CT molecular complexity index is 1020. The van der Waals surface area contributed by atoms with Crippen LogP contribution in [0.4, 0.5) is 14.5 Å². The Labute approximate surface area is 158 Å². The van der Waals surface area contributed by atoms with Crippen molar-refractivity contribution >= 4 is 23.5 Å². The third kappa shape index (κ3) is 3.36. The van der Waals surface area contributed by atoms with Crippen molar-refractivity contribution in [3.05, 3.63) is 76.5 Å². The van der Waals surface area contributed by atoms with Gasteiger partial charge in [-0.25, -0.2) is 13.6 Å². The fourth-order valence-electron chi connectivity index (χ4n) is 3.21. The summed E-state index contributed by atoms with van der Waals surface area (Å²) in [6.45, 7) is 1.34. The number of primary amides is 1. The number of rotatable bonds is 4. The van der Waals surface area contributed by atoms with Crippen LogP contribution in [0.2, 0.25) is 0 Å². The van der Waals surface area contributed by atoms with Gasteiger partial charge in [0, 0.05) is 24.1 Å².